The summed E-state index contributed by atoms with van der Waals surface area (Å²) < 4.78 is 5.52. The van der Waals surface area contributed by atoms with Gasteiger partial charge in [0.2, 0.25) is 11.8 Å². The Morgan fingerprint density at radius 3 is 2.59 bits per heavy atom. The lowest BCUT2D eigenvalue weighted by Gasteiger charge is -2.36. The highest BCUT2D eigenvalue weighted by atomic mass is 16.6. The van der Waals surface area contributed by atoms with Crippen LogP contribution in [0.15, 0.2) is 0 Å². The average molecular weight is 411 g/mol. The van der Waals surface area contributed by atoms with Gasteiger partial charge in [-0.3, -0.25) is 14.9 Å². The lowest BCUT2D eigenvalue weighted by molar-refractivity contribution is -0.124. The van der Waals surface area contributed by atoms with Crippen LogP contribution >= 0.6 is 0 Å². The zero-order chi connectivity index (χ0) is 21.7. The summed E-state index contributed by atoms with van der Waals surface area (Å²) in [6.45, 7) is 10.7. The lowest BCUT2D eigenvalue weighted by Crippen LogP contribution is -2.58. The summed E-state index contributed by atoms with van der Waals surface area (Å²) in [7, 11) is 0. The van der Waals surface area contributed by atoms with E-state index < -0.39 is 35.9 Å². The van der Waals surface area contributed by atoms with Crippen LogP contribution in [0.2, 0.25) is 0 Å². The molecule has 0 aromatic heterocycles. The number of ether oxygens (including phenoxy) is 1. The molecule has 0 spiro atoms. The number of piperidine rings is 1. The topological polar surface area (TPSA) is 134 Å². The molecule has 1 unspecified atom stereocenters. The van der Waals surface area contributed by atoms with E-state index in [-0.39, 0.29) is 35.5 Å². The van der Waals surface area contributed by atoms with Crippen LogP contribution in [0.1, 0.15) is 47.5 Å². The highest BCUT2D eigenvalue weighted by Crippen LogP contribution is 2.65. The first-order valence-corrected chi connectivity index (χ1v) is 10.3. The third kappa shape index (κ3) is 4.35. The van der Waals surface area contributed by atoms with Crippen molar-refractivity contribution in [2.75, 3.05) is 13.1 Å². The summed E-state index contributed by atoms with van der Waals surface area (Å²) in [6, 6.07) is -1.38. The minimum atomic E-state index is -1.15. The van der Waals surface area contributed by atoms with Crippen molar-refractivity contribution in [3.63, 3.8) is 0 Å². The molecule has 3 fully saturated rings. The summed E-state index contributed by atoms with van der Waals surface area (Å²) in [4.78, 5) is 38.1. The maximum Gasteiger partial charge on any atom is 0.410 e. The number of aliphatic hydroxyl groups is 1. The van der Waals surface area contributed by atoms with Crippen LogP contribution in [0.3, 0.4) is 0 Å². The predicted octanol–water partition coefficient (Wildman–Crippen LogP) is 0.166. The molecule has 3 rings (SSSR count). The Morgan fingerprint density at radius 2 is 2.07 bits per heavy atom. The van der Waals surface area contributed by atoms with Gasteiger partial charge in [-0.2, -0.15) is 0 Å². The second-order valence-corrected chi connectivity index (χ2v) is 10.2. The van der Waals surface area contributed by atoms with Crippen LogP contribution in [0, 0.1) is 23.2 Å². The van der Waals surface area contributed by atoms with Gasteiger partial charge in [0.15, 0.2) is 0 Å². The monoisotopic (exact) mass is 410 g/mol. The molecule has 5 N–H and O–H groups in total. The van der Waals surface area contributed by atoms with Crippen LogP contribution in [0.4, 0.5) is 4.79 Å². The van der Waals surface area contributed by atoms with Gasteiger partial charge in [-0.1, -0.05) is 13.8 Å². The Hall–Kier alpha value is -1.87. The fourth-order valence-electron chi connectivity index (χ4n) is 4.95. The number of carbonyl (C=O) groups is 3. The molecule has 2 aliphatic heterocycles. The third-order valence-electron chi connectivity index (χ3n) is 6.61. The van der Waals surface area contributed by atoms with Crippen LogP contribution in [0.25, 0.3) is 0 Å². The summed E-state index contributed by atoms with van der Waals surface area (Å²) in [5.74, 6) is -0.683. The molecule has 1 aliphatic carbocycles. The number of nitrogens with one attached hydrogen (secondary N) is 2. The molecule has 3 amide bonds. The van der Waals surface area contributed by atoms with Gasteiger partial charge in [0.05, 0.1) is 12.1 Å². The Balaban J connectivity index is 1.72. The van der Waals surface area contributed by atoms with E-state index in [1.807, 2.05) is 0 Å². The number of aliphatic hydroxyl groups excluding tert-OH is 1. The lowest BCUT2D eigenvalue weighted by atomic mass is 9.96. The molecule has 3 aliphatic rings. The first-order chi connectivity index (χ1) is 13.3. The van der Waals surface area contributed by atoms with Gasteiger partial charge in [-0.15, -0.1) is 0 Å². The van der Waals surface area contributed by atoms with Gasteiger partial charge in [0, 0.05) is 19.0 Å². The molecule has 2 saturated heterocycles. The van der Waals surface area contributed by atoms with Gasteiger partial charge < -0.3 is 25.8 Å². The van der Waals surface area contributed by atoms with E-state index in [0.717, 1.165) is 0 Å². The number of likely N-dealkylation sites (tertiary alicyclic amines) is 1. The quantitative estimate of drug-likeness (QED) is 0.461. The zero-order valence-corrected chi connectivity index (χ0v) is 17.9. The third-order valence-corrected chi connectivity index (χ3v) is 6.61. The van der Waals surface area contributed by atoms with E-state index in [1.54, 1.807) is 25.7 Å². The molecular formula is C20H34N4O5. The maximum absolute atomic E-state index is 12.7. The van der Waals surface area contributed by atoms with Crippen LogP contribution in [-0.4, -0.2) is 64.9 Å². The van der Waals surface area contributed by atoms with Crippen molar-refractivity contribution in [2.24, 2.45) is 28.9 Å². The van der Waals surface area contributed by atoms with E-state index in [0.29, 0.717) is 19.5 Å². The summed E-state index contributed by atoms with van der Waals surface area (Å²) in [5, 5.41) is 16.6. The Kier molecular flexibility index (Phi) is 5.59. The smallest absolute Gasteiger partial charge is 0.410 e. The number of carbonyl (C=O) groups excluding carboxylic acids is 3. The highest BCUT2D eigenvalue weighted by molar-refractivity contribution is 5.84. The summed E-state index contributed by atoms with van der Waals surface area (Å²) in [6.07, 6.45) is -0.779. The van der Waals surface area contributed by atoms with E-state index in [1.165, 1.54) is 0 Å². The van der Waals surface area contributed by atoms with Crippen LogP contribution in [-0.2, 0) is 14.3 Å². The molecule has 0 bridgehead atoms. The maximum atomic E-state index is 12.7. The second kappa shape index (κ2) is 7.43. The van der Waals surface area contributed by atoms with Crippen molar-refractivity contribution in [2.45, 2.75) is 71.4 Å². The summed E-state index contributed by atoms with van der Waals surface area (Å²) in [5.41, 5.74) is 4.89. The second-order valence-electron chi connectivity index (χ2n) is 10.2. The number of hydrogen-bond acceptors (Lipinski definition) is 6. The molecule has 29 heavy (non-hydrogen) atoms. The van der Waals surface area contributed by atoms with Gasteiger partial charge in [0.1, 0.15) is 11.8 Å². The van der Waals surface area contributed by atoms with Gasteiger partial charge >= 0.3 is 6.09 Å². The Bertz CT molecular complexity index is 689. The van der Waals surface area contributed by atoms with Crippen LogP contribution in [0.5, 0.6) is 0 Å². The number of nitrogens with zero attached hydrogens (tertiary/aromatic N) is 1. The molecule has 1 saturated carbocycles. The van der Waals surface area contributed by atoms with Crippen molar-refractivity contribution in [1.82, 2.24) is 15.5 Å². The standard InChI is InChI=1S/C20H34N4O5/c1-19(2,3)29-18(28)24-9-11-13(20(11,4)5)14(24)17(27)23-12(15(21)25)8-10-6-7-22-16(10)26/h10-14,17,23,27H,6-9H2,1-5H3,(H2,21,25)(H,22,26)/t10-,11-,12-,13-,14-,17?/m0/s1. The van der Waals surface area contributed by atoms with Crippen molar-refractivity contribution in [3.8, 4) is 0 Å². The molecule has 0 radical (unpaired) electrons. The Labute approximate surface area is 171 Å². The van der Waals surface area contributed by atoms with Gasteiger partial charge in [-0.25, -0.2) is 4.79 Å². The van der Waals surface area contributed by atoms with Gasteiger partial charge in [0.25, 0.3) is 0 Å². The number of hydrogen-bond donors (Lipinski definition) is 4. The Morgan fingerprint density at radius 1 is 1.41 bits per heavy atom. The average Bonchev–Trinajstić information content (AvgIpc) is 2.97. The number of amides is 3. The SMILES string of the molecule is CC(C)(C)OC(=O)N1C[C@H]2[C@@H]([C@H]1C(O)N[C@@H](C[C@@H]1CCNC1=O)C(N)=O)C2(C)C. The molecule has 9 heteroatoms. The number of nitrogens with two attached hydrogens (primary N) is 1. The van der Waals surface area contributed by atoms with Crippen molar-refractivity contribution < 1.29 is 24.2 Å². The molecule has 6 atom stereocenters. The van der Waals surface area contributed by atoms with E-state index in [9.17, 15) is 19.5 Å². The number of primary amides is 1. The fourth-order valence-corrected chi connectivity index (χ4v) is 4.95. The highest BCUT2D eigenvalue weighted by Gasteiger charge is 2.69. The summed E-state index contributed by atoms with van der Waals surface area (Å²) >= 11 is 0. The first-order valence-electron chi connectivity index (χ1n) is 10.3. The largest absolute Gasteiger partial charge is 0.444 e. The van der Waals surface area contributed by atoms with E-state index >= 15 is 0 Å². The first kappa shape index (κ1) is 21.8. The molecular weight excluding hydrogens is 376 g/mol. The minimum absolute atomic E-state index is 0.000597. The van der Waals surface area contributed by atoms with Crippen molar-refractivity contribution in [1.29, 1.82) is 0 Å². The fraction of sp³-hybridized carbons (Fsp3) is 0.850. The molecule has 9 nitrogen and oxygen atoms in total. The normalized spacial score (nSPS) is 32.3. The van der Waals surface area contributed by atoms with E-state index in [2.05, 4.69) is 24.5 Å². The zero-order valence-electron chi connectivity index (χ0n) is 17.9. The molecule has 0 aromatic carbocycles. The van der Waals surface area contributed by atoms with Crippen molar-refractivity contribution in [3.05, 3.63) is 0 Å². The van der Waals surface area contributed by atoms with E-state index in [4.69, 9.17) is 10.5 Å². The van der Waals surface area contributed by atoms with Crippen molar-refractivity contribution >= 4 is 17.9 Å². The van der Waals surface area contributed by atoms with Gasteiger partial charge in [-0.05, 0) is 50.9 Å². The number of rotatable bonds is 6. The molecule has 2 heterocycles. The van der Waals surface area contributed by atoms with Crippen LogP contribution < -0.4 is 16.4 Å². The molecule has 0 aromatic rings. The number of fused-ring (bicyclic) bond motifs is 1. The minimum Gasteiger partial charge on any atom is -0.444 e. The molecule has 164 valence electrons. The predicted molar refractivity (Wildman–Crippen MR) is 105 cm³/mol.